The summed E-state index contributed by atoms with van der Waals surface area (Å²) in [5, 5.41) is 0. The number of likely N-dealkylation sites (tertiary alicyclic amines) is 2. The minimum atomic E-state index is -4.61. The quantitative estimate of drug-likeness (QED) is 0.791. The lowest BCUT2D eigenvalue weighted by atomic mass is 9.98. The van der Waals surface area contributed by atoms with Crippen LogP contribution >= 0.6 is 0 Å². The first kappa shape index (κ1) is 19.8. The predicted octanol–water partition coefficient (Wildman–Crippen LogP) is 1.31. The van der Waals surface area contributed by atoms with Gasteiger partial charge >= 0.3 is 12.2 Å². The zero-order chi connectivity index (χ0) is 18.7. The molecule has 2 rings (SSSR count). The van der Waals surface area contributed by atoms with Gasteiger partial charge in [0.15, 0.2) is 0 Å². The Morgan fingerprint density at radius 1 is 1.04 bits per heavy atom. The monoisotopic (exact) mass is 385 g/mol. The van der Waals surface area contributed by atoms with Crippen LogP contribution in [0.15, 0.2) is 0 Å². The van der Waals surface area contributed by atoms with Crippen molar-refractivity contribution in [2.75, 3.05) is 31.9 Å². The molecule has 2 fully saturated rings. The van der Waals surface area contributed by atoms with Crippen LogP contribution in [0.5, 0.6) is 0 Å². The van der Waals surface area contributed by atoms with E-state index in [0.717, 1.165) is 12.8 Å². The average Bonchev–Trinajstić information content (AvgIpc) is 3.06. The first-order valence-electron chi connectivity index (χ1n) is 8.22. The average molecular weight is 385 g/mol. The predicted molar refractivity (Wildman–Crippen MR) is 83.1 cm³/mol. The summed E-state index contributed by atoms with van der Waals surface area (Å²) in [4.78, 5) is 27.7. The third-order valence-electron chi connectivity index (χ3n) is 4.35. The maximum Gasteiger partial charge on any atom is 0.390 e. The number of carbonyl (C=O) groups is 2. The van der Waals surface area contributed by atoms with Gasteiger partial charge in [0.25, 0.3) is 0 Å². The van der Waals surface area contributed by atoms with Gasteiger partial charge < -0.3 is 9.80 Å². The molecule has 0 aliphatic carbocycles. The Hall–Kier alpha value is -1.52. The van der Waals surface area contributed by atoms with Crippen molar-refractivity contribution in [3.63, 3.8) is 0 Å². The molecule has 0 radical (unpaired) electrons. The zero-order valence-electron chi connectivity index (χ0n) is 13.7. The first-order valence-corrected chi connectivity index (χ1v) is 9.87. The summed E-state index contributed by atoms with van der Waals surface area (Å²) >= 11 is 0. The Kier molecular flexibility index (Phi) is 6.17. The van der Waals surface area contributed by atoms with E-state index in [-0.39, 0.29) is 12.6 Å². The van der Waals surface area contributed by atoms with E-state index >= 15 is 0 Å². The molecule has 2 aliphatic heterocycles. The molecule has 0 unspecified atom stereocenters. The molecule has 0 aromatic rings. The highest BCUT2D eigenvalue weighted by atomic mass is 32.2. The second-order valence-corrected chi connectivity index (χ2v) is 8.25. The summed E-state index contributed by atoms with van der Waals surface area (Å²) in [6, 6.07) is -0.171. The van der Waals surface area contributed by atoms with Gasteiger partial charge in [-0.1, -0.05) is 0 Å². The molecule has 25 heavy (non-hydrogen) atoms. The highest BCUT2D eigenvalue weighted by molar-refractivity contribution is 7.90. The number of nitrogens with zero attached hydrogens (tertiary/aromatic N) is 2. The van der Waals surface area contributed by atoms with Crippen LogP contribution < -0.4 is 4.72 Å². The highest BCUT2D eigenvalue weighted by Gasteiger charge is 2.34. The summed E-state index contributed by atoms with van der Waals surface area (Å²) < 4.78 is 61.4. The van der Waals surface area contributed by atoms with Gasteiger partial charge in [0.1, 0.15) is 0 Å². The van der Waals surface area contributed by atoms with Crippen molar-refractivity contribution in [1.29, 1.82) is 0 Å². The Bertz CT molecular complexity index is 603. The molecule has 2 saturated heterocycles. The number of urea groups is 1. The fourth-order valence-corrected chi connectivity index (χ4v) is 4.09. The second kappa shape index (κ2) is 7.79. The molecule has 11 heteroatoms. The standard InChI is InChI=1S/C14H22F3N3O4S/c15-14(16,17)5-9-25(23,24)18-12(21)11-4-3-8-20(10-11)13(22)19-6-1-2-7-19/h11H,1-10H2,(H,18,21)/t11-/m0/s1. The molecule has 0 aromatic heterocycles. The van der Waals surface area contributed by atoms with Gasteiger partial charge in [-0.05, 0) is 25.7 Å². The van der Waals surface area contributed by atoms with E-state index < -0.39 is 40.2 Å². The lowest BCUT2D eigenvalue weighted by Gasteiger charge is -2.34. The maximum absolute atomic E-state index is 12.3. The largest absolute Gasteiger partial charge is 0.390 e. The molecule has 0 spiro atoms. The van der Waals surface area contributed by atoms with Gasteiger partial charge in [0.2, 0.25) is 15.9 Å². The molecule has 144 valence electrons. The third-order valence-corrected chi connectivity index (χ3v) is 5.60. The number of halogens is 3. The number of hydrogen-bond donors (Lipinski definition) is 1. The minimum Gasteiger partial charge on any atom is -0.325 e. The minimum absolute atomic E-state index is 0.0793. The van der Waals surface area contributed by atoms with Crippen LogP contribution in [0.3, 0.4) is 0 Å². The fourth-order valence-electron chi connectivity index (χ4n) is 3.01. The van der Waals surface area contributed by atoms with Gasteiger partial charge in [0.05, 0.1) is 18.1 Å². The van der Waals surface area contributed by atoms with Crippen LogP contribution in [0.4, 0.5) is 18.0 Å². The fraction of sp³-hybridized carbons (Fsp3) is 0.857. The molecular formula is C14H22F3N3O4S. The number of sulfonamides is 1. The number of alkyl halides is 3. The van der Waals surface area contributed by atoms with Gasteiger partial charge in [0, 0.05) is 26.2 Å². The number of rotatable bonds is 4. The van der Waals surface area contributed by atoms with Crippen molar-refractivity contribution in [2.24, 2.45) is 5.92 Å². The van der Waals surface area contributed by atoms with E-state index in [1.165, 1.54) is 4.90 Å². The molecule has 2 heterocycles. The van der Waals surface area contributed by atoms with E-state index in [1.807, 2.05) is 0 Å². The van der Waals surface area contributed by atoms with Crippen molar-refractivity contribution in [2.45, 2.75) is 38.3 Å². The highest BCUT2D eigenvalue weighted by Crippen LogP contribution is 2.22. The van der Waals surface area contributed by atoms with Crippen molar-refractivity contribution in [1.82, 2.24) is 14.5 Å². The van der Waals surface area contributed by atoms with Gasteiger partial charge in [-0.3, -0.25) is 9.52 Å². The molecular weight excluding hydrogens is 363 g/mol. The maximum atomic E-state index is 12.3. The molecule has 0 aromatic carbocycles. The molecule has 7 nitrogen and oxygen atoms in total. The molecule has 3 amide bonds. The number of carbonyl (C=O) groups excluding carboxylic acids is 2. The molecule has 1 atom stereocenters. The van der Waals surface area contributed by atoms with Gasteiger partial charge in [-0.25, -0.2) is 13.2 Å². The number of nitrogens with one attached hydrogen (secondary N) is 1. The van der Waals surface area contributed by atoms with E-state index in [1.54, 1.807) is 9.62 Å². The van der Waals surface area contributed by atoms with E-state index in [0.29, 0.717) is 32.5 Å². The van der Waals surface area contributed by atoms with Crippen LogP contribution in [0.2, 0.25) is 0 Å². The lowest BCUT2D eigenvalue weighted by molar-refractivity contribution is -0.130. The Labute approximate surface area is 144 Å². The molecule has 0 bridgehead atoms. The first-order chi connectivity index (χ1) is 11.6. The summed E-state index contributed by atoms with van der Waals surface area (Å²) in [5.41, 5.74) is 0. The number of hydrogen-bond acceptors (Lipinski definition) is 4. The van der Waals surface area contributed by atoms with E-state index in [4.69, 9.17) is 0 Å². The smallest absolute Gasteiger partial charge is 0.325 e. The van der Waals surface area contributed by atoms with Crippen molar-refractivity contribution < 1.29 is 31.2 Å². The van der Waals surface area contributed by atoms with Crippen molar-refractivity contribution in [3.8, 4) is 0 Å². The van der Waals surface area contributed by atoms with Gasteiger partial charge in [-0.15, -0.1) is 0 Å². The number of piperidine rings is 1. The molecule has 2 aliphatic rings. The normalized spacial score (nSPS) is 22.1. The SMILES string of the molecule is O=C(NS(=O)(=O)CCC(F)(F)F)[C@H]1CCCN(C(=O)N2CCCC2)C1. The van der Waals surface area contributed by atoms with E-state index in [9.17, 15) is 31.2 Å². The van der Waals surface area contributed by atoms with Gasteiger partial charge in [-0.2, -0.15) is 13.2 Å². The van der Waals surface area contributed by atoms with Crippen LogP contribution in [0, 0.1) is 5.92 Å². The summed E-state index contributed by atoms with van der Waals surface area (Å²) in [6.07, 6.45) is -3.33. The summed E-state index contributed by atoms with van der Waals surface area (Å²) in [7, 11) is -4.35. The summed E-state index contributed by atoms with van der Waals surface area (Å²) in [5.74, 6) is -2.77. The Balaban J connectivity index is 1.89. The van der Waals surface area contributed by atoms with Crippen molar-refractivity contribution >= 4 is 22.0 Å². The lowest BCUT2D eigenvalue weighted by Crippen LogP contribution is -2.50. The number of amides is 3. The molecule has 0 saturated carbocycles. The van der Waals surface area contributed by atoms with E-state index in [2.05, 4.69) is 0 Å². The van der Waals surface area contributed by atoms with Crippen LogP contribution in [-0.4, -0.2) is 68.3 Å². The third kappa shape index (κ3) is 6.05. The molecule has 1 N–H and O–H groups in total. The van der Waals surface area contributed by atoms with Crippen LogP contribution in [-0.2, 0) is 14.8 Å². The Morgan fingerprint density at radius 2 is 1.64 bits per heavy atom. The van der Waals surface area contributed by atoms with Crippen LogP contribution in [0.1, 0.15) is 32.1 Å². The Morgan fingerprint density at radius 3 is 2.24 bits per heavy atom. The summed E-state index contributed by atoms with van der Waals surface area (Å²) in [6.45, 7) is 1.89. The zero-order valence-corrected chi connectivity index (χ0v) is 14.5. The topological polar surface area (TPSA) is 86.8 Å². The second-order valence-electron chi connectivity index (χ2n) is 6.41. The van der Waals surface area contributed by atoms with Crippen molar-refractivity contribution in [3.05, 3.63) is 0 Å². The van der Waals surface area contributed by atoms with Crippen LogP contribution in [0.25, 0.3) is 0 Å².